The largest absolute Gasteiger partial charge is 0.497 e. The summed E-state index contributed by atoms with van der Waals surface area (Å²) >= 11 is 1.25. The number of hydrogen-bond acceptors (Lipinski definition) is 7. The van der Waals surface area contributed by atoms with Crippen LogP contribution in [0.1, 0.15) is 12.8 Å². The summed E-state index contributed by atoms with van der Waals surface area (Å²) in [4.78, 5) is 29.9. The van der Waals surface area contributed by atoms with Crippen molar-refractivity contribution in [2.75, 3.05) is 39.2 Å². The van der Waals surface area contributed by atoms with Gasteiger partial charge in [-0.1, -0.05) is 0 Å². The molecule has 32 heavy (non-hydrogen) atoms. The first-order chi connectivity index (χ1) is 15.2. The Kier molecular flexibility index (Phi) is 7.44. The number of rotatable bonds is 6. The van der Waals surface area contributed by atoms with Crippen LogP contribution in [0.2, 0.25) is 0 Å². The number of anilines is 1. The van der Waals surface area contributed by atoms with E-state index in [1.807, 2.05) is 0 Å². The molecule has 0 atom stereocenters. The molecule has 8 nitrogen and oxygen atoms in total. The van der Waals surface area contributed by atoms with E-state index in [-0.39, 0.29) is 24.9 Å². The predicted octanol–water partition coefficient (Wildman–Crippen LogP) is 4.18. The Hall–Kier alpha value is -3.02. The third kappa shape index (κ3) is 6.02. The Morgan fingerprint density at radius 3 is 2.56 bits per heavy atom. The lowest BCUT2D eigenvalue weighted by Crippen LogP contribution is -2.42. The molecule has 1 N–H and O–H groups in total. The van der Waals surface area contributed by atoms with Gasteiger partial charge >= 0.3 is 12.3 Å². The van der Waals surface area contributed by atoms with Gasteiger partial charge in [0.25, 0.3) is 0 Å². The van der Waals surface area contributed by atoms with Crippen molar-refractivity contribution in [3.63, 3.8) is 0 Å². The van der Waals surface area contributed by atoms with Crippen molar-refractivity contribution in [1.82, 2.24) is 9.88 Å². The quantitative estimate of drug-likeness (QED) is 0.677. The minimum atomic E-state index is -4.57. The molecule has 0 radical (unpaired) electrons. The number of hydrogen-bond donors (Lipinski definition) is 1. The lowest BCUT2D eigenvalue weighted by Gasteiger charge is -2.30. The molecular formula is C20H22F3N3O5S. The molecule has 3 rings (SSSR count). The van der Waals surface area contributed by atoms with Crippen molar-refractivity contribution < 1.29 is 37.0 Å². The van der Waals surface area contributed by atoms with E-state index in [4.69, 9.17) is 9.47 Å². The van der Waals surface area contributed by atoms with Crippen LogP contribution in [0.3, 0.4) is 0 Å². The number of benzene rings is 1. The van der Waals surface area contributed by atoms with Crippen LogP contribution in [0.15, 0.2) is 23.6 Å². The number of halogens is 3. The zero-order chi connectivity index (χ0) is 23.3. The number of likely N-dealkylation sites (tertiary alicyclic amines) is 1. The number of thiazole rings is 1. The van der Waals surface area contributed by atoms with Crippen LogP contribution in [-0.4, -0.2) is 62.0 Å². The Morgan fingerprint density at radius 2 is 1.94 bits per heavy atom. The number of methoxy groups -OCH3 is 2. The Balaban J connectivity index is 1.56. The fourth-order valence-corrected chi connectivity index (χ4v) is 3.95. The van der Waals surface area contributed by atoms with Gasteiger partial charge in [-0.25, -0.2) is 9.78 Å². The number of aromatic nitrogens is 1. The van der Waals surface area contributed by atoms with Crippen molar-refractivity contribution in [2.24, 2.45) is 5.92 Å². The first-order valence-electron chi connectivity index (χ1n) is 9.67. The van der Waals surface area contributed by atoms with Crippen LogP contribution in [0.4, 0.5) is 23.1 Å². The van der Waals surface area contributed by atoms with E-state index in [9.17, 15) is 22.8 Å². The van der Waals surface area contributed by atoms with Gasteiger partial charge in [-0.05, 0) is 31.0 Å². The van der Waals surface area contributed by atoms with Crippen LogP contribution in [0, 0.1) is 5.92 Å². The molecule has 2 amide bonds. The number of piperidine rings is 1. The van der Waals surface area contributed by atoms with Gasteiger partial charge in [0.05, 0.1) is 19.9 Å². The highest BCUT2D eigenvalue weighted by Crippen LogP contribution is 2.35. The molecule has 1 saturated heterocycles. The predicted molar refractivity (Wildman–Crippen MR) is 111 cm³/mol. The van der Waals surface area contributed by atoms with Gasteiger partial charge in [0.15, 0.2) is 11.7 Å². The van der Waals surface area contributed by atoms with E-state index >= 15 is 0 Å². The summed E-state index contributed by atoms with van der Waals surface area (Å²) < 4.78 is 51.4. The molecule has 0 aliphatic carbocycles. The topological polar surface area (TPSA) is 90.0 Å². The summed E-state index contributed by atoms with van der Waals surface area (Å²) in [7, 11) is 3.10. The van der Waals surface area contributed by atoms with E-state index < -0.39 is 18.9 Å². The molecule has 1 aromatic carbocycles. The summed E-state index contributed by atoms with van der Waals surface area (Å²) in [6.07, 6.45) is -4.97. The Labute approximate surface area is 186 Å². The fourth-order valence-electron chi connectivity index (χ4n) is 3.24. The summed E-state index contributed by atoms with van der Waals surface area (Å²) in [5.74, 6) is 0.603. The second kappa shape index (κ2) is 10.1. The molecule has 0 unspecified atom stereocenters. The molecule has 0 spiro atoms. The number of carbonyl (C=O) groups excluding carboxylic acids is 2. The molecule has 0 bridgehead atoms. The molecule has 0 saturated carbocycles. The standard InChI is InChI=1S/C20H22F3N3O5S/c1-29-13-3-4-16(30-2)14(9-13)15-10-32-18(24-15)25-17(27)12-5-7-26(8-6-12)19(28)31-11-20(21,22)23/h3-4,9-10,12H,5-8,11H2,1-2H3,(H,24,25,27). The molecule has 2 aromatic rings. The highest BCUT2D eigenvalue weighted by Gasteiger charge is 2.33. The van der Waals surface area contributed by atoms with Gasteiger partial charge in [0.1, 0.15) is 11.5 Å². The third-order valence-corrected chi connectivity index (χ3v) is 5.66. The number of alkyl halides is 3. The highest BCUT2D eigenvalue weighted by atomic mass is 32.1. The average Bonchev–Trinajstić information content (AvgIpc) is 3.24. The number of carbonyl (C=O) groups is 2. The van der Waals surface area contributed by atoms with Crippen molar-refractivity contribution in [3.8, 4) is 22.8 Å². The summed E-state index contributed by atoms with van der Waals surface area (Å²) in [5, 5.41) is 4.96. The van der Waals surface area contributed by atoms with Crippen LogP contribution in [0.5, 0.6) is 11.5 Å². The van der Waals surface area contributed by atoms with Crippen molar-refractivity contribution in [2.45, 2.75) is 19.0 Å². The van der Waals surface area contributed by atoms with Gasteiger partial charge in [-0.3, -0.25) is 4.79 Å². The van der Waals surface area contributed by atoms with Crippen LogP contribution >= 0.6 is 11.3 Å². The van der Waals surface area contributed by atoms with Crippen LogP contribution in [-0.2, 0) is 9.53 Å². The number of amides is 2. The third-order valence-electron chi connectivity index (χ3n) is 4.90. The van der Waals surface area contributed by atoms with Gasteiger partial charge in [-0.15, -0.1) is 11.3 Å². The maximum Gasteiger partial charge on any atom is 0.422 e. The van der Waals surface area contributed by atoms with E-state index in [1.54, 1.807) is 37.8 Å². The summed E-state index contributed by atoms with van der Waals surface area (Å²) in [5.41, 5.74) is 1.33. The van der Waals surface area contributed by atoms with Crippen molar-refractivity contribution in [3.05, 3.63) is 23.6 Å². The van der Waals surface area contributed by atoms with Crippen molar-refractivity contribution in [1.29, 1.82) is 0 Å². The second-order valence-electron chi connectivity index (χ2n) is 7.02. The summed E-state index contributed by atoms with van der Waals surface area (Å²) in [6, 6.07) is 5.31. The van der Waals surface area contributed by atoms with Crippen LogP contribution in [0.25, 0.3) is 11.3 Å². The van der Waals surface area contributed by atoms with Gasteiger partial charge in [0, 0.05) is 30.0 Å². The Morgan fingerprint density at radius 1 is 1.22 bits per heavy atom. The van der Waals surface area contributed by atoms with Gasteiger partial charge in [-0.2, -0.15) is 13.2 Å². The normalized spacial score (nSPS) is 14.7. The zero-order valence-corrected chi connectivity index (χ0v) is 18.2. The lowest BCUT2D eigenvalue weighted by molar-refractivity contribution is -0.162. The lowest BCUT2D eigenvalue weighted by atomic mass is 9.96. The first-order valence-corrected chi connectivity index (χ1v) is 10.6. The number of nitrogens with one attached hydrogen (secondary N) is 1. The van der Waals surface area contributed by atoms with E-state index in [1.165, 1.54) is 16.2 Å². The second-order valence-corrected chi connectivity index (χ2v) is 7.88. The average molecular weight is 473 g/mol. The van der Waals surface area contributed by atoms with Crippen LogP contribution < -0.4 is 14.8 Å². The molecule has 1 aromatic heterocycles. The maximum absolute atomic E-state index is 12.6. The summed E-state index contributed by atoms with van der Waals surface area (Å²) in [6.45, 7) is -1.35. The monoisotopic (exact) mass is 473 g/mol. The van der Waals surface area contributed by atoms with E-state index in [2.05, 4.69) is 15.0 Å². The minimum absolute atomic E-state index is 0.138. The molecule has 174 valence electrons. The van der Waals surface area contributed by atoms with Crippen molar-refractivity contribution >= 4 is 28.5 Å². The van der Waals surface area contributed by atoms with Gasteiger partial charge < -0.3 is 24.4 Å². The molecule has 1 aliphatic rings. The molecule has 1 aliphatic heterocycles. The SMILES string of the molecule is COc1ccc(OC)c(-c2csc(NC(=O)C3CCN(C(=O)OCC(F)(F)F)CC3)n2)c1. The maximum atomic E-state index is 12.6. The molecule has 2 heterocycles. The molecular weight excluding hydrogens is 451 g/mol. The molecule has 12 heteroatoms. The van der Waals surface area contributed by atoms with Gasteiger partial charge in [0.2, 0.25) is 5.91 Å². The fraction of sp³-hybridized carbons (Fsp3) is 0.450. The van der Waals surface area contributed by atoms with E-state index in [0.717, 1.165) is 0 Å². The first kappa shape index (κ1) is 23.6. The Bertz CT molecular complexity index is 958. The smallest absolute Gasteiger partial charge is 0.422 e. The zero-order valence-electron chi connectivity index (χ0n) is 17.4. The highest BCUT2D eigenvalue weighted by molar-refractivity contribution is 7.14. The van der Waals surface area contributed by atoms with E-state index in [0.29, 0.717) is 40.7 Å². The number of ether oxygens (including phenoxy) is 3. The number of nitrogens with zero attached hydrogens (tertiary/aromatic N) is 2. The minimum Gasteiger partial charge on any atom is -0.497 e. The molecule has 1 fully saturated rings.